The van der Waals surface area contributed by atoms with E-state index >= 15 is 0 Å². The van der Waals surface area contributed by atoms with Gasteiger partial charge in [0.05, 0.1) is 19.3 Å². The van der Waals surface area contributed by atoms with Gasteiger partial charge in [-0.3, -0.25) is 9.59 Å². The van der Waals surface area contributed by atoms with Crippen molar-refractivity contribution < 1.29 is 23.9 Å². The molecule has 2 aromatic carbocycles. The monoisotopic (exact) mass is 356 g/mol. The molecular weight excluding hydrogens is 336 g/mol. The van der Waals surface area contributed by atoms with Crippen LogP contribution in [0.15, 0.2) is 48.5 Å². The zero-order valence-corrected chi connectivity index (χ0v) is 14.6. The van der Waals surface area contributed by atoms with E-state index in [4.69, 9.17) is 4.74 Å². The Morgan fingerprint density at radius 2 is 1.54 bits per heavy atom. The molecule has 0 heterocycles. The highest BCUT2D eigenvalue weighted by molar-refractivity contribution is 6.05. The molecule has 0 aliphatic heterocycles. The van der Waals surface area contributed by atoms with E-state index in [2.05, 4.69) is 15.4 Å². The smallest absolute Gasteiger partial charge is 0.337 e. The molecule has 0 saturated carbocycles. The number of amides is 2. The highest BCUT2D eigenvalue weighted by Crippen LogP contribution is 2.13. The predicted octanol–water partition coefficient (Wildman–Crippen LogP) is 2.10. The fourth-order valence-corrected chi connectivity index (χ4v) is 2.19. The molecule has 0 saturated heterocycles. The number of methoxy groups -OCH3 is 2. The fraction of sp³-hybridized carbons (Fsp3) is 0.211. The summed E-state index contributed by atoms with van der Waals surface area (Å²) in [7, 11) is 2.85. The first-order valence-electron chi connectivity index (χ1n) is 7.92. The van der Waals surface area contributed by atoms with Crippen molar-refractivity contribution in [3.8, 4) is 0 Å². The van der Waals surface area contributed by atoms with E-state index in [1.165, 1.54) is 13.2 Å². The average molecular weight is 356 g/mol. The Morgan fingerprint density at radius 1 is 0.885 bits per heavy atom. The summed E-state index contributed by atoms with van der Waals surface area (Å²) in [5.74, 6) is -1.07. The summed E-state index contributed by atoms with van der Waals surface area (Å²) in [6.07, 6.45) is 0. The number of carbonyl (C=O) groups excluding carboxylic acids is 3. The first-order chi connectivity index (χ1) is 12.5. The van der Waals surface area contributed by atoms with Crippen LogP contribution >= 0.6 is 0 Å². The van der Waals surface area contributed by atoms with Crippen molar-refractivity contribution in [3.05, 3.63) is 65.2 Å². The van der Waals surface area contributed by atoms with Crippen molar-refractivity contribution in [3.63, 3.8) is 0 Å². The van der Waals surface area contributed by atoms with Gasteiger partial charge in [-0.15, -0.1) is 0 Å². The van der Waals surface area contributed by atoms with Gasteiger partial charge in [0.1, 0.15) is 0 Å². The molecule has 0 radical (unpaired) electrons. The van der Waals surface area contributed by atoms with E-state index in [1.807, 2.05) is 0 Å². The molecule has 0 atom stereocenters. The molecule has 26 heavy (non-hydrogen) atoms. The lowest BCUT2D eigenvalue weighted by Crippen LogP contribution is -2.26. The van der Waals surface area contributed by atoms with Crippen LogP contribution in [0.4, 0.5) is 5.69 Å². The number of anilines is 1. The maximum atomic E-state index is 12.3. The molecule has 0 bridgehead atoms. The van der Waals surface area contributed by atoms with Crippen LogP contribution in [-0.4, -0.2) is 45.2 Å². The van der Waals surface area contributed by atoms with Crippen molar-refractivity contribution in [1.82, 2.24) is 5.32 Å². The molecule has 0 aliphatic carbocycles. The summed E-state index contributed by atoms with van der Waals surface area (Å²) < 4.78 is 9.52. The van der Waals surface area contributed by atoms with Crippen molar-refractivity contribution in [2.45, 2.75) is 0 Å². The fourth-order valence-electron chi connectivity index (χ4n) is 2.19. The molecule has 136 valence electrons. The molecule has 7 nitrogen and oxygen atoms in total. The highest BCUT2D eigenvalue weighted by Gasteiger charge is 2.11. The third-order valence-corrected chi connectivity index (χ3v) is 3.54. The van der Waals surface area contributed by atoms with E-state index < -0.39 is 5.97 Å². The van der Waals surface area contributed by atoms with Gasteiger partial charge in [-0.25, -0.2) is 4.79 Å². The maximum absolute atomic E-state index is 12.3. The molecule has 0 unspecified atom stereocenters. The molecule has 0 fully saturated rings. The normalized spacial score (nSPS) is 10.1. The number of rotatable bonds is 7. The van der Waals surface area contributed by atoms with Crippen LogP contribution in [-0.2, 0) is 9.47 Å². The van der Waals surface area contributed by atoms with E-state index in [0.717, 1.165) is 0 Å². The zero-order chi connectivity index (χ0) is 18.9. The van der Waals surface area contributed by atoms with Crippen LogP contribution in [0.5, 0.6) is 0 Å². The van der Waals surface area contributed by atoms with Gasteiger partial charge >= 0.3 is 5.97 Å². The Kier molecular flexibility index (Phi) is 6.87. The number of esters is 1. The van der Waals surface area contributed by atoms with E-state index in [1.54, 1.807) is 49.6 Å². The topological polar surface area (TPSA) is 93.7 Å². The Labute approximate surface area is 151 Å². The van der Waals surface area contributed by atoms with Crippen LogP contribution in [0.1, 0.15) is 31.1 Å². The van der Waals surface area contributed by atoms with Gasteiger partial charge in [0, 0.05) is 30.5 Å². The van der Waals surface area contributed by atoms with E-state index in [9.17, 15) is 14.4 Å². The zero-order valence-electron chi connectivity index (χ0n) is 14.6. The van der Waals surface area contributed by atoms with E-state index in [0.29, 0.717) is 35.5 Å². The van der Waals surface area contributed by atoms with Crippen LogP contribution in [0, 0.1) is 0 Å². The van der Waals surface area contributed by atoms with E-state index in [-0.39, 0.29) is 11.8 Å². The van der Waals surface area contributed by atoms with Crippen molar-refractivity contribution in [1.29, 1.82) is 0 Å². The quantitative estimate of drug-likeness (QED) is 0.585. The minimum absolute atomic E-state index is 0.236. The maximum Gasteiger partial charge on any atom is 0.337 e. The lowest BCUT2D eigenvalue weighted by molar-refractivity contribution is 0.0600. The minimum Gasteiger partial charge on any atom is -0.465 e. The van der Waals surface area contributed by atoms with Gasteiger partial charge in [0.25, 0.3) is 11.8 Å². The van der Waals surface area contributed by atoms with Gasteiger partial charge in [0.15, 0.2) is 0 Å². The van der Waals surface area contributed by atoms with Gasteiger partial charge in [-0.05, 0) is 42.5 Å². The Balaban J connectivity index is 2.02. The van der Waals surface area contributed by atoms with Crippen LogP contribution in [0.2, 0.25) is 0 Å². The standard InChI is InChI=1S/C19H20N2O5/c1-25-11-10-20-17(22)13-6-8-14(9-7-13)18(23)21-16-5-3-4-15(12-16)19(24)26-2/h3-9,12H,10-11H2,1-2H3,(H,20,22)(H,21,23). The Bertz CT molecular complexity index is 787. The van der Waals surface area contributed by atoms with Crippen molar-refractivity contribution >= 4 is 23.5 Å². The number of hydrogen-bond acceptors (Lipinski definition) is 5. The number of carbonyl (C=O) groups is 3. The van der Waals surface area contributed by atoms with Crippen LogP contribution < -0.4 is 10.6 Å². The van der Waals surface area contributed by atoms with Crippen LogP contribution in [0.25, 0.3) is 0 Å². The van der Waals surface area contributed by atoms with Gasteiger partial charge in [-0.1, -0.05) is 6.07 Å². The number of nitrogens with one attached hydrogen (secondary N) is 2. The second kappa shape index (κ2) is 9.33. The van der Waals surface area contributed by atoms with Gasteiger partial charge in [0.2, 0.25) is 0 Å². The molecule has 7 heteroatoms. The SMILES string of the molecule is COCCNC(=O)c1ccc(C(=O)Nc2cccc(C(=O)OC)c2)cc1. The van der Waals surface area contributed by atoms with Crippen molar-refractivity contribution in [2.75, 3.05) is 32.7 Å². The van der Waals surface area contributed by atoms with Crippen molar-refractivity contribution in [2.24, 2.45) is 0 Å². The highest BCUT2D eigenvalue weighted by atomic mass is 16.5. The lowest BCUT2D eigenvalue weighted by atomic mass is 10.1. The summed E-state index contributed by atoms with van der Waals surface area (Å²) in [6, 6.07) is 12.7. The Hall–Kier alpha value is -3.19. The number of ether oxygens (including phenoxy) is 2. The molecule has 2 aromatic rings. The summed E-state index contributed by atoms with van der Waals surface area (Å²) in [5, 5.41) is 5.41. The first-order valence-corrected chi connectivity index (χ1v) is 7.92. The Morgan fingerprint density at radius 3 is 2.15 bits per heavy atom. The molecule has 2 rings (SSSR count). The minimum atomic E-state index is -0.482. The molecular formula is C19H20N2O5. The second-order valence-electron chi connectivity index (χ2n) is 5.35. The molecule has 0 aromatic heterocycles. The number of hydrogen-bond donors (Lipinski definition) is 2. The predicted molar refractivity (Wildman–Crippen MR) is 96.4 cm³/mol. The largest absolute Gasteiger partial charge is 0.465 e. The summed E-state index contributed by atoms with van der Waals surface area (Å²) >= 11 is 0. The summed E-state index contributed by atoms with van der Waals surface area (Å²) in [6.45, 7) is 0.838. The number of benzene rings is 2. The molecule has 0 aliphatic rings. The average Bonchev–Trinajstić information content (AvgIpc) is 2.67. The third kappa shape index (κ3) is 5.15. The first kappa shape index (κ1) is 19.1. The molecule has 0 spiro atoms. The van der Waals surface area contributed by atoms with Crippen LogP contribution in [0.3, 0.4) is 0 Å². The summed E-state index contributed by atoms with van der Waals surface area (Å²) in [4.78, 5) is 35.8. The summed E-state index contributed by atoms with van der Waals surface area (Å²) in [5.41, 5.74) is 1.65. The third-order valence-electron chi connectivity index (χ3n) is 3.54. The van der Waals surface area contributed by atoms with Gasteiger partial charge in [-0.2, -0.15) is 0 Å². The molecule has 2 amide bonds. The lowest BCUT2D eigenvalue weighted by Gasteiger charge is -2.08. The van der Waals surface area contributed by atoms with Gasteiger partial charge < -0.3 is 20.1 Å². The second-order valence-corrected chi connectivity index (χ2v) is 5.35. The molecule has 2 N–H and O–H groups in total.